The molecule has 2 aromatic carbocycles. The van der Waals surface area contributed by atoms with Gasteiger partial charge in [-0.05, 0) is 30.7 Å². The zero-order valence-corrected chi connectivity index (χ0v) is 13.5. The van der Waals surface area contributed by atoms with Gasteiger partial charge in [0.25, 0.3) is 5.91 Å². The number of para-hydroxylation sites is 2. The van der Waals surface area contributed by atoms with Crippen LogP contribution in [0, 0.1) is 6.92 Å². The largest absolute Gasteiger partial charge is 0.422 e. The molecule has 1 N–H and O–H groups in total. The summed E-state index contributed by atoms with van der Waals surface area (Å²) >= 11 is 1.37. The monoisotopic (exact) mass is 336 g/mol. The average Bonchev–Trinajstić information content (AvgIpc) is 2.98. The lowest BCUT2D eigenvalue weighted by atomic mass is 10.2. The molecule has 1 amide bonds. The molecule has 4 aromatic rings. The fraction of sp³-hybridized carbons (Fsp3) is 0.0556. The molecule has 4 rings (SSSR count). The number of rotatable bonds is 2. The molecule has 2 aromatic heterocycles. The topological polar surface area (TPSA) is 72.2 Å². The molecule has 0 bridgehead atoms. The zero-order valence-electron chi connectivity index (χ0n) is 12.7. The molecule has 0 saturated heterocycles. The summed E-state index contributed by atoms with van der Waals surface area (Å²) < 4.78 is 6.18. The minimum absolute atomic E-state index is 0.0373. The van der Waals surface area contributed by atoms with Crippen molar-refractivity contribution in [3.8, 4) is 0 Å². The van der Waals surface area contributed by atoms with Crippen LogP contribution in [0.15, 0.2) is 57.7 Å². The minimum Gasteiger partial charge on any atom is -0.422 e. The maximum atomic E-state index is 12.4. The molecule has 24 heavy (non-hydrogen) atoms. The summed E-state index contributed by atoms with van der Waals surface area (Å²) in [5, 5.41) is 3.84. The lowest BCUT2D eigenvalue weighted by Gasteiger charge is -2.02. The second-order valence-corrected chi connectivity index (χ2v) is 6.41. The van der Waals surface area contributed by atoms with Crippen LogP contribution in [0.1, 0.15) is 15.9 Å². The summed E-state index contributed by atoms with van der Waals surface area (Å²) in [5.41, 5.74) is 1.64. The number of hydrogen-bond donors (Lipinski definition) is 1. The van der Waals surface area contributed by atoms with Gasteiger partial charge in [-0.15, -0.1) is 0 Å². The van der Waals surface area contributed by atoms with Crippen LogP contribution < -0.4 is 10.9 Å². The van der Waals surface area contributed by atoms with Crippen molar-refractivity contribution in [1.29, 1.82) is 0 Å². The van der Waals surface area contributed by atoms with E-state index in [1.807, 2.05) is 31.2 Å². The molecule has 0 radical (unpaired) electrons. The van der Waals surface area contributed by atoms with Crippen molar-refractivity contribution < 1.29 is 9.21 Å². The van der Waals surface area contributed by atoms with Crippen molar-refractivity contribution in [2.24, 2.45) is 0 Å². The predicted octanol–water partition coefficient (Wildman–Crippen LogP) is 3.96. The first-order chi connectivity index (χ1) is 11.6. The normalized spacial score (nSPS) is 11.0. The SMILES string of the molecule is Cc1cccc2sc(NC(=O)c3cc4ccccc4oc3=O)nc12. The van der Waals surface area contributed by atoms with E-state index >= 15 is 0 Å². The molecule has 5 nitrogen and oxygen atoms in total. The van der Waals surface area contributed by atoms with Gasteiger partial charge in [0.1, 0.15) is 11.1 Å². The van der Waals surface area contributed by atoms with Gasteiger partial charge in [0.15, 0.2) is 5.13 Å². The van der Waals surface area contributed by atoms with E-state index in [0.717, 1.165) is 15.8 Å². The van der Waals surface area contributed by atoms with E-state index in [0.29, 0.717) is 16.1 Å². The Hall–Kier alpha value is -2.99. The Morgan fingerprint density at radius 2 is 2.00 bits per heavy atom. The third-order valence-corrected chi connectivity index (χ3v) is 4.66. The van der Waals surface area contributed by atoms with E-state index in [4.69, 9.17) is 4.42 Å². The number of nitrogens with zero attached hydrogens (tertiary/aromatic N) is 1. The summed E-state index contributed by atoms with van der Waals surface area (Å²) in [6.45, 7) is 1.96. The van der Waals surface area contributed by atoms with E-state index in [1.165, 1.54) is 17.4 Å². The maximum Gasteiger partial charge on any atom is 0.349 e. The molecule has 0 spiro atoms. The number of anilines is 1. The fourth-order valence-corrected chi connectivity index (χ4v) is 3.46. The zero-order chi connectivity index (χ0) is 16.7. The van der Waals surface area contributed by atoms with E-state index in [-0.39, 0.29) is 5.56 Å². The number of thiazole rings is 1. The third-order valence-electron chi connectivity index (χ3n) is 3.73. The first kappa shape index (κ1) is 14.6. The molecule has 0 unspecified atom stereocenters. The van der Waals surface area contributed by atoms with Crippen molar-refractivity contribution in [2.75, 3.05) is 5.32 Å². The van der Waals surface area contributed by atoms with Crippen molar-refractivity contribution in [2.45, 2.75) is 6.92 Å². The first-order valence-electron chi connectivity index (χ1n) is 7.32. The quantitative estimate of drug-likeness (QED) is 0.562. The van der Waals surface area contributed by atoms with E-state index < -0.39 is 11.5 Å². The number of amides is 1. The van der Waals surface area contributed by atoms with Gasteiger partial charge >= 0.3 is 5.63 Å². The van der Waals surface area contributed by atoms with Crippen LogP contribution in [0.25, 0.3) is 21.2 Å². The molecule has 0 aliphatic carbocycles. The molecule has 0 saturated carbocycles. The lowest BCUT2D eigenvalue weighted by Crippen LogP contribution is -2.20. The number of benzene rings is 2. The van der Waals surface area contributed by atoms with Gasteiger partial charge in [-0.3, -0.25) is 10.1 Å². The molecule has 2 heterocycles. The molecule has 118 valence electrons. The number of carbonyl (C=O) groups is 1. The second-order valence-electron chi connectivity index (χ2n) is 5.38. The van der Waals surface area contributed by atoms with Gasteiger partial charge in [-0.2, -0.15) is 0 Å². The molecule has 6 heteroatoms. The van der Waals surface area contributed by atoms with Gasteiger partial charge in [0.2, 0.25) is 0 Å². The number of carbonyl (C=O) groups excluding carboxylic acids is 1. The van der Waals surface area contributed by atoms with Gasteiger partial charge in [0.05, 0.1) is 10.2 Å². The molecule has 0 aliphatic heterocycles. The Balaban J connectivity index is 1.71. The van der Waals surface area contributed by atoms with E-state index in [1.54, 1.807) is 18.2 Å². The van der Waals surface area contributed by atoms with Crippen LogP contribution in [0.5, 0.6) is 0 Å². The number of hydrogen-bond acceptors (Lipinski definition) is 5. The highest BCUT2D eigenvalue weighted by atomic mass is 32.1. The highest BCUT2D eigenvalue weighted by Crippen LogP contribution is 2.28. The summed E-state index contributed by atoms with van der Waals surface area (Å²) in [5.74, 6) is -0.522. The third kappa shape index (κ3) is 2.47. The number of aryl methyl sites for hydroxylation is 1. The van der Waals surface area contributed by atoms with Crippen LogP contribution in [0.3, 0.4) is 0 Å². The lowest BCUT2D eigenvalue weighted by molar-refractivity contribution is 0.102. The minimum atomic E-state index is -0.663. The van der Waals surface area contributed by atoms with Gasteiger partial charge < -0.3 is 4.42 Å². The van der Waals surface area contributed by atoms with Crippen LogP contribution in [0.4, 0.5) is 5.13 Å². The van der Waals surface area contributed by atoms with Gasteiger partial charge in [-0.25, -0.2) is 9.78 Å². The fourth-order valence-electron chi connectivity index (χ4n) is 2.52. The second kappa shape index (κ2) is 5.58. The highest BCUT2D eigenvalue weighted by Gasteiger charge is 2.16. The van der Waals surface area contributed by atoms with Crippen LogP contribution in [-0.2, 0) is 0 Å². The Morgan fingerprint density at radius 3 is 2.83 bits per heavy atom. The smallest absolute Gasteiger partial charge is 0.349 e. The summed E-state index contributed by atoms with van der Waals surface area (Å²) in [4.78, 5) is 28.9. The van der Waals surface area contributed by atoms with Gasteiger partial charge in [-0.1, -0.05) is 41.7 Å². The predicted molar refractivity (Wildman–Crippen MR) is 94.8 cm³/mol. The Labute approximate surface area is 140 Å². The summed E-state index contributed by atoms with van der Waals surface area (Å²) in [6.07, 6.45) is 0. The molecular formula is C18H12N2O3S. The molecule has 0 fully saturated rings. The van der Waals surface area contributed by atoms with E-state index in [2.05, 4.69) is 10.3 Å². The number of aromatic nitrogens is 1. The van der Waals surface area contributed by atoms with Crippen LogP contribution in [-0.4, -0.2) is 10.9 Å². The highest BCUT2D eigenvalue weighted by molar-refractivity contribution is 7.22. The van der Waals surface area contributed by atoms with Crippen molar-refractivity contribution in [3.63, 3.8) is 0 Å². The van der Waals surface area contributed by atoms with Crippen LogP contribution >= 0.6 is 11.3 Å². The Bertz CT molecular complexity index is 1140. The van der Waals surface area contributed by atoms with Gasteiger partial charge in [0, 0.05) is 5.39 Å². The van der Waals surface area contributed by atoms with Crippen molar-refractivity contribution >= 4 is 43.6 Å². The van der Waals surface area contributed by atoms with E-state index in [9.17, 15) is 9.59 Å². The van der Waals surface area contributed by atoms with Crippen molar-refractivity contribution in [1.82, 2.24) is 4.98 Å². The summed E-state index contributed by atoms with van der Waals surface area (Å²) in [7, 11) is 0. The Morgan fingerprint density at radius 1 is 1.17 bits per heavy atom. The number of fused-ring (bicyclic) bond motifs is 2. The van der Waals surface area contributed by atoms with Crippen LogP contribution in [0.2, 0.25) is 0 Å². The first-order valence-corrected chi connectivity index (χ1v) is 8.14. The number of nitrogens with one attached hydrogen (secondary N) is 1. The molecule has 0 aliphatic rings. The maximum absolute atomic E-state index is 12.4. The molecular weight excluding hydrogens is 324 g/mol. The van der Waals surface area contributed by atoms with Crippen molar-refractivity contribution in [3.05, 3.63) is 70.1 Å². The summed E-state index contributed by atoms with van der Waals surface area (Å²) in [6, 6.07) is 14.5. The average molecular weight is 336 g/mol. The Kier molecular flexibility index (Phi) is 3.39. The molecule has 0 atom stereocenters. The standard InChI is InChI=1S/C18H12N2O3S/c1-10-5-4-8-14-15(10)19-18(24-14)20-16(21)12-9-11-6-2-3-7-13(11)23-17(12)22/h2-9H,1H3,(H,19,20,21).